The summed E-state index contributed by atoms with van der Waals surface area (Å²) in [6.45, 7) is 3.63. The Labute approximate surface area is 132 Å². The average molecular weight is 320 g/mol. The van der Waals surface area contributed by atoms with Crippen molar-refractivity contribution in [2.45, 2.75) is 45.2 Å². The summed E-state index contributed by atoms with van der Waals surface area (Å²) in [5.74, 6) is 0.129. The van der Waals surface area contributed by atoms with Gasteiger partial charge < -0.3 is 10.6 Å². The molecule has 0 spiro atoms. The number of hydrogen-bond acceptors (Lipinski definition) is 3. The lowest BCUT2D eigenvalue weighted by Gasteiger charge is -2.10. The van der Waals surface area contributed by atoms with Crippen LogP contribution in [0.2, 0.25) is 0 Å². The van der Waals surface area contributed by atoms with Crippen LogP contribution in [-0.2, 0) is 11.3 Å². The Morgan fingerprint density at radius 2 is 2.25 bits per heavy atom. The molecule has 114 valence electrons. The number of hydrogen-bond donors (Lipinski definition) is 2. The lowest BCUT2D eigenvalue weighted by atomic mass is 10.1. The highest BCUT2D eigenvalue weighted by atomic mass is 35.5. The lowest BCUT2D eigenvalue weighted by Crippen LogP contribution is -2.27. The maximum atomic E-state index is 11.7. The van der Waals surface area contributed by atoms with E-state index in [0.29, 0.717) is 19.0 Å². The molecule has 0 radical (unpaired) electrons. The highest BCUT2D eigenvalue weighted by molar-refractivity contribution is 5.85. The second-order valence-corrected chi connectivity index (χ2v) is 4.92. The summed E-state index contributed by atoms with van der Waals surface area (Å²) in [6.07, 6.45) is 5.81. The number of aromatic nitrogens is 1. The predicted octanol–water partition coefficient (Wildman–Crippen LogP) is 2.38. The van der Waals surface area contributed by atoms with Gasteiger partial charge in [0.25, 0.3) is 0 Å². The van der Waals surface area contributed by atoms with Gasteiger partial charge in [-0.15, -0.1) is 24.8 Å². The van der Waals surface area contributed by atoms with Gasteiger partial charge in [-0.1, -0.05) is 6.07 Å². The Kier molecular flexibility index (Phi) is 9.55. The van der Waals surface area contributed by atoms with Crippen molar-refractivity contribution in [3.8, 4) is 0 Å². The van der Waals surface area contributed by atoms with Gasteiger partial charge in [0.2, 0.25) is 5.91 Å². The molecule has 1 aromatic heterocycles. The number of amides is 1. The first kappa shape index (κ1) is 19.2. The van der Waals surface area contributed by atoms with Crippen LogP contribution in [0, 0.1) is 6.92 Å². The van der Waals surface area contributed by atoms with Gasteiger partial charge in [-0.25, -0.2) is 0 Å². The molecule has 1 amide bonds. The van der Waals surface area contributed by atoms with Crippen molar-refractivity contribution in [1.82, 2.24) is 15.6 Å². The van der Waals surface area contributed by atoms with Crippen molar-refractivity contribution in [3.05, 3.63) is 29.6 Å². The van der Waals surface area contributed by atoms with Gasteiger partial charge in [-0.3, -0.25) is 9.78 Å². The highest BCUT2D eigenvalue weighted by Crippen LogP contribution is 2.10. The van der Waals surface area contributed by atoms with Gasteiger partial charge in [-0.05, 0) is 44.4 Å². The smallest absolute Gasteiger partial charge is 0.220 e. The SMILES string of the molecule is Cc1ccc(CNC(=O)CCC2CCCN2)cn1.Cl.Cl. The number of nitrogens with zero attached hydrogens (tertiary/aromatic N) is 1. The molecule has 0 aromatic carbocycles. The molecule has 1 aliphatic rings. The normalized spacial score (nSPS) is 16.9. The van der Waals surface area contributed by atoms with Crippen LogP contribution in [0.15, 0.2) is 18.3 Å². The molecule has 4 nitrogen and oxygen atoms in total. The van der Waals surface area contributed by atoms with Gasteiger partial charge in [0.1, 0.15) is 0 Å². The lowest BCUT2D eigenvalue weighted by molar-refractivity contribution is -0.121. The van der Waals surface area contributed by atoms with Crippen LogP contribution in [0.4, 0.5) is 0 Å². The van der Waals surface area contributed by atoms with Crippen molar-refractivity contribution in [3.63, 3.8) is 0 Å². The van der Waals surface area contributed by atoms with Gasteiger partial charge in [0.05, 0.1) is 0 Å². The third kappa shape index (κ3) is 6.55. The molecule has 1 atom stereocenters. The Hall–Kier alpha value is -0.840. The summed E-state index contributed by atoms with van der Waals surface area (Å²) >= 11 is 0. The summed E-state index contributed by atoms with van der Waals surface area (Å²) < 4.78 is 0. The van der Waals surface area contributed by atoms with E-state index in [2.05, 4.69) is 15.6 Å². The number of aryl methyl sites for hydroxylation is 1. The maximum absolute atomic E-state index is 11.7. The first-order valence-corrected chi connectivity index (χ1v) is 6.65. The molecule has 2 heterocycles. The van der Waals surface area contributed by atoms with E-state index in [9.17, 15) is 4.79 Å². The molecule has 2 N–H and O–H groups in total. The fraction of sp³-hybridized carbons (Fsp3) is 0.571. The minimum Gasteiger partial charge on any atom is -0.352 e. The number of nitrogens with one attached hydrogen (secondary N) is 2. The van der Waals surface area contributed by atoms with E-state index in [4.69, 9.17) is 0 Å². The highest BCUT2D eigenvalue weighted by Gasteiger charge is 2.14. The Morgan fingerprint density at radius 3 is 2.85 bits per heavy atom. The summed E-state index contributed by atoms with van der Waals surface area (Å²) in [5.41, 5.74) is 2.05. The van der Waals surface area contributed by atoms with Gasteiger partial charge in [-0.2, -0.15) is 0 Å². The molecule has 1 aliphatic heterocycles. The first-order chi connectivity index (χ1) is 8.74. The van der Waals surface area contributed by atoms with Crippen LogP contribution in [-0.4, -0.2) is 23.5 Å². The molecule has 20 heavy (non-hydrogen) atoms. The summed E-state index contributed by atoms with van der Waals surface area (Å²) in [4.78, 5) is 15.9. The number of halogens is 2. The quantitative estimate of drug-likeness (QED) is 0.876. The number of carbonyl (C=O) groups is 1. The molecular weight excluding hydrogens is 297 g/mol. The second kappa shape index (κ2) is 9.97. The minimum absolute atomic E-state index is 0. The van der Waals surface area contributed by atoms with Crippen LogP contribution in [0.1, 0.15) is 36.9 Å². The summed E-state index contributed by atoms with van der Waals surface area (Å²) in [7, 11) is 0. The van der Waals surface area contributed by atoms with Crippen molar-refractivity contribution < 1.29 is 4.79 Å². The molecule has 1 saturated heterocycles. The molecule has 1 aromatic rings. The summed E-state index contributed by atoms with van der Waals surface area (Å²) in [5, 5.41) is 6.34. The van der Waals surface area contributed by atoms with Crippen molar-refractivity contribution in [2.24, 2.45) is 0 Å². The average Bonchev–Trinajstić information content (AvgIpc) is 2.89. The monoisotopic (exact) mass is 319 g/mol. The van der Waals surface area contributed by atoms with Crippen LogP contribution >= 0.6 is 24.8 Å². The predicted molar refractivity (Wildman–Crippen MR) is 85.6 cm³/mol. The van der Waals surface area contributed by atoms with E-state index in [0.717, 1.165) is 24.2 Å². The number of pyridine rings is 1. The largest absolute Gasteiger partial charge is 0.352 e. The fourth-order valence-electron chi connectivity index (χ4n) is 2.20. The van der Waals surface area contributed by atoms with E-state index < -0.39 is 0 Å². The van der Waals surface area contributed by atoms with Gasteiger partial charge in [0.15, 0.2) is 0 Å². The third-order valence-electron chi connectivity index (χ3n) is 3.34. The molecule has 0 aliphatic carbocycles. The van der Waals surface area contributed by atoms with Crippen molar-refractivity contribution >= 4 is 30.7 Å². The molecule has 6 heteroatoms. The molecule has 2 rings (SSSR count). The van der Waals surface area contributed by atoms with E-state index >= 15 is 0 Å². The van der Waals surface area contributed by atoms with E-state index in [1.165, 1.54) is 12.8 Å². The van der Waals surface area contributed by atoms with Gasteiger partial charge in [0, 0.05) is 30.9 Å². The van der Waals surface area contributed by atoms with E-state index in [1.807, 2.05) is 25.3 Å². The molecule has 0 saturated carbocycles. The first-order valence-electron chi connectivity index (χ1n) is 6.65. The zero-order valence-corrected chi connectivity index (χ0v) is 13.4. The zero-order valence-electron chi connectivity index (χ0n) is 11.7. The van der Waals surface area contributed by atoms with Crippen LogP contribution in [0.25, 0.3) is 0 Å². The fourth-order valence-corrected chi connectivity index (χ4v) is 2.20. The zero-order chi connectivity index (χ0) is 12.8. The van der Waals surface area contributed by atoms with Crippen molar-refractivity contribution in [1.29, 1.82) is 0 Å². The number of carbonyl (C=O) groups excluding carboxylic acids is 1. The van der Waals surface area contributed by atoms with Crippen LogP contribution < -0.4 is 10.6 Å². The minimum atomic E-state index is 0. The van der Waals surface area contributed by atoms with Crippen molar-refractivity contribution in [2.75, 3.05) is 6.54 Å². The second-order valence-electron chi connectivity index (χ2n) is 4.92. The Bertz CT molecular complexity index is 392. The van der Waals surface area contributed by atoms with E-state index in [-0.39, 0.29) is 30.7 Å². The number of rotatable bonds is 5. The topological polar surface area (TPSA) is 54.0 Å². The molecular formula is C14H23Cl2N3O. The summed E-state index contributed by atoms with van der Waals surface area (Å²) in [6, 6.07) is 4.50. The standard InChI is InChI=1S/C14H21N3O.2ClH/c1-11-4-5-12(9-16-11)10-17-14(18)7-6-13-3-2-8-15-13;;/h4-5,9,13,15H,2-3,6-8,10H2,1H3,(H,17,18);2*1H. The maximum Gasteiger partial charge on any atom is 0.220 e. The molecule has 0 bridgehead atoms. The Balaban J connectivity index is 0.00000180. The molecule has 1 fully saturated rings. The third-order valence-corrected chi connectivity index (χ3v) is 3.34. The van der Waals surface area contributed by atoms with Crippen LogP contribution in [0.5, 0.6) is 0 Å². The van der Waals surface area contributed by atoms with E-state index in [1.54, 1.807) is 0 Å². The van der Waals surface area contributed by atoms with Crippen LogP contribution in [0.3, 0.4) is 0 Å². The van der Waals surface area contributed by atoms with Gasteiger partial charge >= 0.3 is 0 Å². The molecule has 1 unspecified atom stereocenters. The Morgan fingerprint density at radius 1 is 1.45 bits per heavy atom.